The molecule has 1 aromatic heterocycles. The maximum atomic E-state index is 13.3. The molecule has 1 aliphatic rings. The molecule has 0 saturated carbocycles. The molecule has 4 rings (SSSR count). The van der Waals surface area contributed by atoms with Crippen LogP contribution in [0.1, 0.15) is 37.1 Å². The average Bonchev–Trinajstić information content (AvgIpc) is 2.90. The Balaban J connectivity index is 1.80. The first-order chi connectivity index (χ1) is 14.2. The Bertz CT molecular complexity index is 1300. The summed E-state index contributed by atoms with van der Waals surface area (Å²) < 4.78 is 55.6. The van der Waals surface area contributed by atoms with Gasteiger partial charge in [0.1, 0.15) is 4.90 Å². The van der Waals surface area contributed by atoms with E-state index in [0.29, 0.717) is 13.1 Å². The lowest BCUT2D eigenvalue weighted by molar-refractivity contribution is 0.423. The highest BCUT2D eigenvalue weighted by atomic mass is 32.2. The third-order valence-electron chi connectivity index (χ3n) is 5.59. The van der Waals surface area contributed by atoms with Crippen molar-refractivity contribution in [3.05, 3.63) is 53.9 Å². The number of aromatic nitrogens is 2. The van der Waals surface area contributed by atoms with E-state index in [4.69, 9.17) is 0 Å². The van der Waals surface area contributed by atoms with Crippen LogP contribution in [0.2, 0.25) is 0 Å². The van der Waals surface area contributed by atoms with Crippen LogP contribution >= 0.6 is 0 Å². The minimum atomic E-state index is -4.04. The number of rotatable bonds is 4. The van der Waals surface area contributed by atoms with E-state index in [9.17, 15) is 16.8 Å². The predicted octanol–water partition coefficient (Wildman–Crippen LogP) is 3.45. The Kier molecular flexibility index (Phi) is 5.46. The van der Waals surface area contributed by atoms with Gasteiger partial charge in [0, 0.05) is 13.1 Å². The molecule has 1 aliphatic heterocycles. The Morgan fingerprint density at radius 2 is 1.43 bits per heavy atom. The van der Waals surface area contributed by atoms with Gasteiger partial charge in [-0.1, -0.05) is 43.2 Å². The van der Waals surface area contributed by atoms with Gasteiger partial charge in [-0.15, -0.1) is 0 Å². The first-order valence-electron chi connectivity index (χ1n) is 10.0. The Labute approximate surface area is 177 Å². The van der Waals surface area contributed by atoms with Gasteiger partial charge in [-0.2, -0.15) is 21.9 Å². The molecular weight excluding hydrogens is 422 g/mol. The van der Waals surface area contributed by atoms with Crippen LogP contribution in [0.5, 0.6) is 0 Å². The maximum Gasteiger partial charge on any atom is 0.283 e. The Morgan fingerprint density at radius 1 is 0.800 bits per heavy atom. The number of hydrogen-bond donors (Lipinski definition) is 0. The molecule has 0 atom stereocenters. The van der Waals surface area contributed by atoms with Crippen molar-refractivity contribution in [2.24, 2.45) is 0 Å². The molecule has 0 N–H and O–H groups in total. The summed E-state index contributed by atoms with van der Waals surface area (Å²) in [6.45, 7) is 3.95. The molecular formula is C21H25N3O4S2. The summed E-state index contributed by atoms with van der Waals surface area (Å²) in [6.07, 6.45) is 3.61. The lowest BCUT2D eigenvalue weighted by Gasteiger charge is -2.20. The molecule has 0 spiro atoms. The first kappa shape index (κ1) is 21.0. The van der Waals surface area contributed by atoms with Crippen molar-refractivity contribution in [1.82, 2.24) is 13.5 Å². The Morgan fingerprint density at radius 3 is 2.10 bits per heavy atom. The van der Waals surface area contributed by atoms with Crippen molar-refractivity contribution in [1.29, 1.82) is 0 Å². The molecule has 30 heavy (non-hydrogen) atoms. The van der Waals surface area contributed by atoms with Gasteiger partial charge in [-0.05, 0) is 49.6 Å². The summed E-state index contributed by atoms with van der Waals surface area (Å²) in [5, 5.41) is 5.86. The van der Waals surface area contributed by atoms with E-state index in [2.05, 4.69) is 5.10 Å². The highest BCUT2D eigenvalue weighted by Crippen LogP contribution is 2.29. The minimum absolute atomic E-state index is 0.00577. The zero-order valence-electron chi connectivity index (χ0n) is 17.1. The minimum Gasteiger partial charge on any atom is -0.207 e. The highest BCUT2D eigenvalue weighted by Gasteiger charge is 2.34. The molecule has 3 aromatic rings. The lowest BCUT2D eigenvalue weighted by atomic mass is 10.1. The molecule has 0 aliphatic carbocycles. The summed E-state index contributed by atoms with van der Waals surface area (Å²) in [6, 6.07) is 12.3. The predicted molar refractivity (Wildman–Crippen MR) is 115 cm³/mol. The van der Waals surface area contributed by atoms with Crippen LogP contribution < -0.4 is 0 Å². The molecule has 0 unspecified atom stereocenters. The molecule has 0 amide bonds. The second-order valence-electron chi connectivity index (χ2n) is 7.68. The van der Waals surface area contributed by atoms with Crippen LogP contribution in [-0.4, -0.2) is 43.4 Å². The molecule has 9 heteroatoms. The van der Waals surface area contributed by atoms with Gasteiger partial charge in [0.15, 0.2) is 0 Å². The van der Waals surface area contributed by atoms with E-state index < -0.39 is 20.0 Å². The average molecular weight is 448 g/mol. The van der Waals surface area contributed by atoms with Crippen molar-refractivity contribution in [2.45, 2.75) is 49.3 Å². The molecule has 160 valence electrons. The second-order valence-corrected chi connectivity index (χ2v) is 11.3. The summed E-state index contributed by atoms with van der Waals surface area (Å²) in [5.41, 5.74) is 0.311. The van der Waals surface area contributed by atoms with E-state index in [-0.39, 0.29) is 21.2 Å². The highest BCUT2D eigenvalue weighted by molar-refractivity contribution is 7.90. The van der Waals surface area contributed by atoms with Crippen molar-refractivity contribution >= 4 is 30.8 Å². The molecule has 1 fully saturated rings. The standard InChI is InChI=1S/C21H25N3O4S2/c1-16-21(30(27,28)23-13-7-3-4-8-14-23)17(2)24(22-16)29(25,26)20-12-11-18-9-5-6-10-19(18)15-20/h5-6,9-12,15H,3-4,7-8,13-14H2,1-2H3. The molecule has 2 aromatic carbocycles. The monoisotopic (exact) mass is 447 g/mol. The summed E-state index contributed by atoms with van der Waals surface area (Å²) >= 11 is 0. The number of hydrogen-bond acceptors (Lipinski definition) is 5. The Hall–Kier alpha value is -2.23. The summed E-state index contributed by atoms with van der Waals surface area (Å²) in [4.78, 5) is 0.0688. The van der Waals surface area contributed by atoms with E-state index in [1.165, 1.54) is 17.3 Å². The zero-order chi connectivity index (χ0) is 21.5. The van der Waals surface area contributed by atoms with Crippen molar-refractivity contribution in [3.63, 3.8) is 0 Å². The van der Waals surface area contributed by atoms with Crippen molar-refractivity contribution < 1.29 is 16.8 Å². The fraction of sp³-hybridized carbons (Fsp3) is 0.381. The number of aryl methyl sites for hydroxylation is 1. The fourth-order valence-corrected chi connectivity index (χ4v) is 7.38. The van der Waals surface area contributed by atoms with Crippen LogP contribution in [0.4, 0.5) is 0 Å². The maximum absolute atomic E-state index is 13.3. The molecule has 7 nitrogen and oxygen atoms in total. The van der Waals surface area contributed by atoms with Gasteiger partial charge in [0.05, 0.1) is 16.3 Å². The lowest BCUT2D eigenvalue weighted by Crippen LogP contribution is -2.32. The van der Waals surface area contributed by atoms with Crippen molar-refractivity contribution in [3.8, 4) is 0 Å². The normalized spacial score (nSPS) is 16.6. The van der Waals surface area contributed by atoms with Crippen LogP contribution in [0.25, 0.3) is 10.8 Å². The van der Waals surface area contributed by atoms with Gasteiger partial charge in [-0.25, -0.2) is 8.42 Å². The SMILES string of the molecule is Cc1nn(S(=O)(=O)c2ccc3ccccc3c2)c(C)c1S(=O)(=O)N1CCCCCC1. The smallest absolute Gasteiger partial charge is 0.207 e. The number of benzene rings is 2. The van der Waals surface area contributed by atoms with E-state index >= 15 is 0 Å². The quantitative estimate of drug-likeness (QED) is 0.611. The van der Waals surface area contributed by atoms with Gasteiger partial charge in [-0.3, -0.25) is 0 Å². The van der Waals surface area contributed by atoms with Crippen LogP contribution in [0.15, 0.2) is 52.3 Å². The van der Waals surface area contributed by atoms with E-state index in [1.54, 1.807) is 19.1 Å². The van der Waals surface area contributed by atoms with Crippen LogP contribution in [0.3, 0.4) is 0 Å². The molecule has 0 radical (unpaired) electrons. The largest absolute Gasteiger partial charge is 0.283 e. The van der Waals surface area contributed by atoms with E-state index in [1.807, 2.05) is 24.3 Å². The molecule has 2 heterocycles. The van der Waals surface area contributed by atoms with Gasteiger partial charge in [0.2, 0.25) is 10.0 Å². The van der Waals surface area contributed by atoms with Gasteiger partial charge < -0.3 is 0 Å². The molecule has 1 saturated heterocycles. The topological polar surface area (TPSA) is 89.3 Å². The number of nitrogens with zero attached hydrogens (tertiary/aromatic N) is 3. The van der Waals surface area contributed by atoms with Crippen LogP contribution in [0, 0.1) is 13.8 Å². The van der Waals surface area contributed by atoms with Gasteiger partial charge in [0.25, 0.3) is 10.0 Å². The van der Waals surface area contributed by atoms with Crippen LogP contribution in [-0.2, 0) is 20.0 Å². The number of sulfonamides is 1. The summed E-state index contributed by atoms with van der Waals surface area (Å²) in [7, 11) is -7.86. The zero-order valence-corrected chi connectivity index (χ0v) is 18.7. The third-order valence-corrected chi connectivity index (χ3v) is 9.41. The molecule has 0 bridgehead atoms. The van der Waals surface area contributed by atoms with E-state index in [0.717, 1.165) is 40.5 Å². The first-order valence-corrected chi connectivity index (χ1v) is 12.9. The third kappa shape index (κ3) is 3.55. The fourth-order valence-electron chi connectivity index (χ4n) is 4.05. The second kappa shape index (κ2) is 7.79. The van der Waals surface area contributed by atoms with Gasteiger partial charge >= 0.3 is 0 Å². The number of fused-ring (bicyclic) bond motifs is 1. The summed E-state index contributed by atoms with van der Waals surface area (Å²) in [5.74, 6) is 0. The van der Waals surface area contributed by atoms with Crippen molar-refractivity contribution in [2.75, 3.05) is 13.1 Å².